The summed E-state index contributed by atoms with van der Waals surface area (Å²) in [5, 5.41) is 0. The van der Waals surface area contributed by atoms with E-state index in [9.17, 15) is 4.39 Å². The molecular formula is C21H28FNO2. The Balaban J connectivity index is 1.54. The van der Waals surface area contributed by atoms with Gasteiger partial charge in [0.05, 0.1) is 25.9 Å². The van der Waals surface area contributed by atoms with Crippen LogP contribution in [0.25, 0.3) is 0 Å². The summed E-state index contributed by atoms with van der Waals surface area (Å²) in [5.74, 6) is 0.207. The molecule has 0 bridgehead atoms. The zero-order chi connectivity index (χ0) is 17.6. The van der Waals surface area contributed by atoms with Gasteiger partial charge in [0.2, 0.25) is 0 Å². The Labute approximate surface area is 150 Å². The molecule has 3 unspecified atom stereocenters. The second kappa shape index (κ2) is 8.75. The summed E-state index contributed by atoms with van der Waals surface area (Å²) in [6, 6.07) is 10.9. The van der Waals surface area contributed by atoms with Gasteiger partial charge in [-0.15, -0.1) is 0 Å². The lowest BCUT2D eigenvalue weighted by atomic mass is 10.0. The summed E-state index contributed by atoms with van der Waals surface area (Å²) < 4.78 is 25.3. The minimum atomic E-state index is -0.125. The lowest BCUT2D eigenvalue weighted by Crippen LogP contribution is -2.37. The molecule has 0 aromatic heterocycles. The van der Waals surface area contributed by atoms with Crippen LogP contribution in [-0.2, 0) is 16.0 Å². The molecule has 1 fully saturated rings. The van der Waals surface area contributed by atoms with Crippen LogP contribution in [0.1, 0.15) is 25.8 Å². The summed E-state index contributed by atoms with van der Waals surface area (Å²) in [7, 11) is 0. The van der Waals surface area contributed by atoms with Gasteiger partial charge < -0.3 is 9.47 Å². The SMILES string of the molecule is CC1=C(F)C=CC(OCC2COCC(C)N(Cc3ccccc3)C2)C1. The fourth-order valence-electron chi connectivity index (χ4n) is 3.39. The van der Waals surface area contributed by atoms with Crippen LogP contribution >= 0.6 is 0 Å². The van der Waals surface area contributed by atoms with Gasteiger partial charge in [0.1, 0.15) is 5.83 Å². The Bertz CT molecular complexity index is 614. The van der Waals surface area contributed by atoms with E-state index in [1.54, 1.807) is 0 Å². The van der Waals surface area contributed by atoms with Crippen molar-refractivity contribution in [2.45, 2.75) is 39.0 Å². The van der Waals surface area contributed by atoms with E-state index >= 15 is 0 Å². The molecule has 2 aliphatic rings. The Morgan fingerprint density at radius 2 is 2.04 bits per heavy atom. The highest BCUT2D eigenvalue weighted by atomic mass is 19.1. The van der Waals surface area contributed by atoms with E-state index in [2.05, 4.69) is 36.1 Å². The molecule has 0 radical (unpaired) electrons. The van der Waals surface area contributed by atoms with Crippen molar-refractivity contribution in [3.05, 3.63) is 59.4 Å². The number of allylic oxidation sites excluding steroid dienone is 2. The number of ether oxygens (including phenoxy) is 2. The lowest BCUT2D eigenvalue weighted by molar-refractivity contribution is 0.0250. The van der Waals surface area contributed by atoms with Crippen LogP contribution in [0.2, 0.25) is 0 Å². The summed E-state index contributed by atoms with van der Waals surface area (Å²) in [6.07, 6.45) is 3.96. The van der Waals surface area contributed by atoms with E-state index in [1.807, 2.05) is 19.1 Å². The molecule has 0 saturated carbocycles. The maximum Gasteiger partial charge on any atom is 0.122 e. The van der Waals surface area contributed by atoms with Crippen molar-refractivity contribution in [1.82, 2.24) is 4.90 Å². The van der Waals surface area contributed by atoms with Crippen molar-refractivity contribution in [3.63, 3.8) is 0 Å². The smallest absolute Gasteiger partial charge is 0.122 e. The van der Waals surface area contributed by atoms with Crippen LogP contribution in [0.3, 0.4) is 0 Å². The second-order valence-electron chi connectivity index (χ2n) is 7.23. The quantitative estimate of drug-likeness (QED) is 0.801. The van der Waals surface area contributed by atoms with E-state index < -0.39 is 0 Å². The summed E-state index contributed by atoms with van der Waals surface area (Å²) in [5.41, 5.74) is 2.09. The average molecular weight is 345 g/mol. The third-order valence-corrected chi connectivity index (χ3v) is 4.98. The summed E-state index contributed by atoms with van der Waals surface area (Å²) in [6.45, 7) is 8.03. The van der Waals surface area contributed by atoms with Gasteiger partial charge in [0.15, 0.2) is 0 Å². The number of benzene rings is 1. The van der Waals surface area contributed by atoms with Gasteiger partial charge in [-0.05, 0) is 31.1 Å². The van der Waals surface area contributed by atoms with E-state index in [0.717, 1.165) is 31.9 Å². The first-order valence-corrected chi connectivity index (χ1v) is 9.12. The van der Waals surface area contributed by atoms with Gasteiger partial charge in [0, 0.05) is 31.5 Å². The summed E-state index contributed by atoms with van der Waals surface area (Å²) >= 11 is 0. The molecule has 1 aromatic rings. The van der Waals surface area contributed by atoms with Crippen molar-refractivity contribution >= 4 is 0 Å². The Hall–Kier alpha value is -1.49. The normalized spacial score (nSPS) is 28.2. The third-order valence-electron chi connectivity index (χ3n) is 4.98. The minimum Gasteiger partial charge on any atom is -0.379 e. The highest BCUT2D eigenvalue weighted by molar-refractivity contribution is 5.24. The molecule has 1 aliphatic carbocycles. The van der Waals surface area contributed by atoms with Crippen molar-refractivity contribution in [3.8, 4) is 0 Å². The van der Waals surface area contributed by atoms with E-state index in [1.165, 1.54) is 11.6 Å². The molecule has 136 valence electrons. The van der Waals surface area contributed by atoms with Crippen LogP contribution in [0, 0.1) is 5.92 Å². The molecule has 1 heterocycles. The second-order valence-corrected chi connectivity index (χ2v) is 7.23. The molecule has 1 aliphatic heterocycles. The van der Waals surface area contributed by atoms with Gasteiger partial charge in [-0.2, -0.15) is 0 Å². The predicted molar refractivity (Wildman–Crippen MR) is 97.9 cm³/mol. The Kier molecular flexibility index (Phi) is 6.40. The molecule has 3 rings (SSSR count). The number of hydrogen-bond donors (Lipinski definition) is 0. The molecule has 0 N–H and O–H groups in total. The monoisotopic (exact) mass is 345 g/mol. The zero-order valence-corrected chi connectivity index (χ0v) is 15.2. The first kappa shape index (κ1) is 18.3. The number of halogens is 1. The summed E-state index contributed by atoms with van der Waals surface area (Å²) in [4.78, 5) is 2.47. The lowest BCUT2D eigenvalue weighted by Gasteiger charge is -2.29. The minimum absolute atomic E-state index is 0.0252. The largest absolute Gasteiger partial charge is 0.379 e. The average Bonchev–Trinajstić information content (AvgIpc) is 2.79. The Morgan fingerprint density at radius 3 is 2.80 bits per heavy atom. The van der Waals surface area contributed by atoms with Gasteiger partial charge in [-0.25, -0.2) is 4.39 Å². The molecule has 1 saturated heterocycles. The highest BCUT2D eigenvalue weighted by Gasteiger charge is 2.25. The third kappa shape index (κ3) is 5.24. The highest BCUT2D eigenvalue weighted by Crippen LogP contribution is 2.23. The van der Waals surface area contributed by atoms with Crippen molar-refractivity contribution in [2.24, 2.45) is 5.92 Å². The maximum absolute atomic E-state index is 13.4. The number of rotatable bonds is 5. The van der Waals surface area contributed by atoms with Gasteiger partial charge in [-0.3, -0.25) is 4.90 Å². The van der Waals surface area contributed by atoms with Crippen molar-refractivity contribution in [2.75, 3.05) is 26.4 Å². The molecule has 1 aromatic carbocycles. The van der Waals surface area contributed by atoms with Crippen molar-refractivity contribution < 1.29 is 13.9 Å². The van der Waals surface area contributed by atoms with Crippen LogP contribution in [-0.4, -0.2) is 43.4 Å². The van der Waals surface area contributed by atoms with E-state index in [-0.39, 0.29) is 11.9 Å². The molecule has 3 nitrogen and oxygen atoms in total. The molecule has 3 atom stereocenters. The molecule has 4 heteroatoms. The number of hydrogen-bond acceptors (Lipinski definition) is 3. The van der Waals surface area contributed by atoms with E-state index in [4.69, 9.17) is 9.47 Å². The van der Waals surface area contributed by atoms with Crippen LogP contribution in [0.4, 0.5) is 4.39 Å². The topological polar surface area (TPSA) is 21.7 Å². The van der Waals surface area contributed by atoms with Crippen LogP contribution in [0.15, 0.2) is 53.9 Å². The molecule has 0 spiro atoms. The van der Waals surface area contributed by atoms with Gasteiger partial charge in [0.25, 0.3) is 0 Å². The standard InChI is InChI=1S/C21H28FNO2/c1-16-10-20(8-9-21(16)22)25-15-19-12-23(17(2)13-24-14-19)11-18-6-4-3-5-7-18/h3-9,17,19-20H,10-15H2,1-2H3. The van der Waals surface area contributed by atoms with Crippen molar-refractivity contribution in [1.29, 1.82) is 0 Å². The van der Waals surface area contributed by atoms with Crippen LogP contribution in [0.5, 0.6) is 0 Å². The fraction of sp³-hybridized carbons (Fsp3) is 0.524. The maximum atomic E-state index is 13.4. The first-order valence-electron chi connectivity index (χ1n) is 9.12. The van der Waals surface area contributed by atoms with Gasteiger partial charge in [-0.1, -0.05) is 36.4 Å². The molecule has 0 amide bonds. The fourth-order valence-corrected chi connectivity index (χ4v) is 3.39. The Morgan fingerprint density at radius 1 is 1.24 bits per heavy atom. The molecule has 25 heavy (non-hydrogen) atoms. The van der Waals surface area contributed by atoms with Gasteiger partial charge >= 0.3 is 0 Å². The first-order chi connectivity index (χ1) is 12.1. The molecular weight excluding hydrogens is 317 g/mol. The zero-order valence-electron chi connectivity index (χ0n) is 15.2. The number of nitrogens with zero attached hydrogens (tertiary/aromatic N) is 1. The van der Waals surface area contributed by atoms with Crippen LogP contribution < -0.4 is 0 Å². The predicted octanol–water partition coefficient (Wildman–Crippen LogP) is 4.11. The van der Waals surface area contributed by atoms with E-state index in [0.29, 0.717) is 25.0 Å².